The molecule has 4 nitrogen and oxygen atoms in total. The number of rotatable bonds is 6. The van der Waals surface area contributed by atoms with E-state index < -0.39 is 5.69 Å². The lowest BCUT2D eigenvalue weighted by Crippen LogP contribution is -1.95. The van der Waals surface area contributed by atoms with Crippen LogP contribution in [0.5, 0.6) is 5.75 Å². The van der Waals surface area contributed by atoms with Crippen LogP contribution in [-0.2, 0) is 16.3 Å². The second-order valence-electron chi connectivity index (χ2n) is 4.32. The molecule has 1 unspecified atom stereocenters. The Balaban J connectivity index is 2.18. The van der Waals surface area contributed by atoms with Gasteiger partial charge in [0.05, 0.1) is 29.9 Å². The van der Waals surface area contributed by atoms with Crippen LogP contribution >= 0.6 is 17.1 Å². The standard InChI is InChI=1S/C16H13N2O2PS2/c1-2-19-21(22,20-15-7-3-13(11-17)4-8-15)23-16-9-5-14(12-18)6-10-16/h3-10H,2H2,1H3. The van der Waals surface area contributed by atoms with Gasteiger partial charge in [-0.1, -0.05) is 0 Å². The molecular weight excluding hydrogens is 347 g/mol. The van der Waals surface area contributed by atoms with Gasteiger partial charge in [-0.25, -0.2) is 0 Å². The summed E-state index contributed by atoms with van der Waals surface area (Å²) in [5.74, 6) is 0.571. The van der Waals surface area contributed by atoms with E-state index in [-0.39, 0.29) is 0 Å². The Hall–Kier alpha value is -1.82. The largest absolute Gasteiger partial charge is 0.436 e. The maximum atomic E-state index is 8.84. The highest BCUT2D eigenvalue weighted by atomic mass is 32.9. The zero-order valence-electron chi connectivity index (χ0n) is 12.3. The average Bonchev–Trinajstić information content (AvgIpc) is 2.56. The molecule has 2 aromatic carbocycles. The van der Waals surface area contributed by atoms with Gasteiger partial charge in [-0.2, -0.15) is 10.5 Å². The van der Waals surface area contributed by atoms with Gasteiger partial charge in [0.25, 0.3) is 0 Å². The summed E-state index contributed by atoms with van der Waals surface area (Å²) < 4.78 is 11.6. The highest BCUT2D eigenvalue weighted by Gasteiger charge is 2.22. The first-order chi connectivity index (χ1) is 11.1. The number of hydrogen-bond donors (Lipinski definition) is 0. The minimum atomic E-state index is -2.63. The summed E-state index contributed by atoms with van der Waals surface area (Å²) in [5, 5.41) is 17.7. The molecule has 0 fully saturated rings. The van der Waals surface area contributed by atoms with Crippen molar-refractivity contribution >= 4 is 28.9 Å². The van der Waals surface area contributed by atoms with Crippen LogP contribution in [0, 0.1) is 22.7 Å². The number of hydrogen-bond acceptors (Lipinski definition) is 6. The van der Waals surface area contributed by atoms with E-state index in [4.69, 9.17) is 31.4 Å². The summed E-state index contributed by atoms with van der Waals surface area (Å²) in [6.07, 6.45) is 0. The molecule has 0 spiro atoms. The summed E-state index contributed by atoms with van der Waals surface area (Å²) in [6, 6.07) is 18.0. The van der Waals surface area contributed by atoms with Gasteiger partial charge in [0.1, 0.15) is 5.75 Å². The van der Waals surface area contributed by atoms with Crippen LogP contribution in [-0.4, -0.2) is 6.61 Å². The van der Waals surface area contributed by atoms with Gasteiger partial charge < -0.3 is 9.05 Å². The van der Waals surface area contributed by atoms with Crippen molar-refractivity contribution in [2.24, 2.45) is 0 Å². The smallest absolute Gasteiger partial charge is 0.302 e. The molecule has 1 atom stereocenters. The predicted molar refractivity (Wildman–Crippen MR) is 94.7 cm³/mol. The SMILES string of the molecule is CCOP(=S)(Oc1ccc(C#N)cc1)Sc1ccc(C#N)cc1. The zero-order chi connectivity index (χ0) is 16.7. The fourth-order valence-electron chi connectivity index (χ4n) is 1.67. The second kappa shape index (κ2) is 8.15. The monoisotopic (exact) mass is 360 g/mol. The van der Waals surface area contributed by atoms with E-state index in [0.717, 1.165) is 4.90 Å². The van der Waals surface area contributed by atoms with E-state index in [0.29, 0.717) is 23.5 Å². The molecule has 0 amide bonds. The van der Waals surface area contributed by atoms with Crippen LogP contribution in [0.4, 0.5) is 0 Å². The van der Waals surface area contributed by atoms with Crippen molar-refractivity contribution in [2.45, 2.75) is 11.8 Å². The van der Waals surface area contributed by atoms with Crippen LogP contribution in [0.2, 0.25) is 0 Å². The minimum Gasteiger partial charge on any atom is -0.436 e. The van der Waals surface area contributed by atoms with Gasteiger partial charge in [-0.15, -0.1) is 0 Å². The van der Waals surface area contributed by atoms with E-state index in [1.807, 2.05) is 19.1 Å². The fraction of sp³-hybridized carbons (Fsp3) is 0.125. The average molecular weight is 360 g/mol. The highest BCUT2D eigenvalue weighted by molar-refractivity contribution is 8.68. The van der Waals surface area contributed by atoms with Crippen molar-refractivity contribution in [3.8, 4) is 17.9 Å². The predicted octanol–water partition coefficient (Wildman–Crippen LogP) is 4.86. The normalized spacial score (nSPS) is 12.7. The van der Waals surface area contributed by atoms with Crippen molar-refractivity contribution < 1.29 is 9.05 Å². The third-order valence-electron chi connectivity index (χ3n) is 2.69. The van der Waals surface area contributed by atoms with Crippen molar-refractivity contribution in [1.82, 2.24) is 0 Å². The Morgan fingerprint density at radius 2 is 1.52 bits per heavy atom. The maximum Gasteiger partial charge on any atom is 0.302 e. The molecule has 2 aromatic rings. The Morgan fingerprint density at radius 1 is 1.00 bits per heavy atom. The summed E-state index contributed by atoms with van der Waals surface area (Å²) in [4.78, 5) is 0.884. The summed E-state index contributed by atoms with van der Waals surface area (Å²) in [7, 11) is 0. The van der Waals surface area contributed by atoms with Crippen LogP contribution in [0.15, 0.2) is 53.4 Å². The molecule has 0 aliphatic rings. The van der Waals surface area contributed by atoms with Crippen LogP contribution in [0.25, 0.3) is 0 Å². The lowest BCUT2D eigenvalue weighted by Gasteiger charge is -2.21. The molecule has 0 heterocycles. The molecule has 0 aliphatic heterocycles. The molecule has 0 saturated carbocycles. The molecule has 23 heavy (non-hydrogen) atoms. The van der Waals surface area contributed by atoms with Crippen molar-refractivity contribution in [1.29, 1.82) is 10.5 Å². The third kappa shape index (κ3) is 5.10. The summed E-state index contributed by atoms with van der Waals surface area (Å²) >= 11 is 6.93. The first-order valence-electron chi connectivity index (χ1n) is 6.72. The van der Waals surface area contributed by atoms with E-state index in [1.165, 1.54) is 11.4 Å². The van der Waals surface area contributed by atoms with Gasteiger partial charge in [0.2, 0.25) is 0 Å². The maximum absolute atomic E-state index is 8.84. The van der Waals surface area contributed by atoms with Gasteiger partial charge in [-0.3, -0.25) is 0 Å². The highest BCUT2D eigenvalue weighted by Crippen LogP contribution is 2.63. The van der Waals surface area contributed by atoms with E-state index in [2.05, 4.69) is 12.1 Å². The summed E-state index contributed by atoms with van der Waals surface area (Å²) in [5.41, 5.74) is -1.48. The third-order valence-corrected chi connectivity index (χ3v) is 7.46. The number of nitriles is 2. The van der Waals surface area contributed by atoms with Gasteiger partial charge in [0.15, 0.2) is 0 Å². The fourth-order valence-corrected chi connectivity index (χ4v) is 6.36. The quantitative estimate of drug-likeness (QED) is 0.685. The summed E-state index contributed by atoms with van der Waals surface area (Å²) in [6.45, 7) is 2.30. The minimum absolute atomic E-state index is 0.441. The lowest BCUT2D eigenvalue weighted by atomic mass is 10.2. The van der Waals surface area contributed by atoms with Crippen LogP contribution in [0.3, 0.4) is 0 Å². The Labute approximate surface area is 144 Å². The molecule has 0 N–H and O–H groups in total. The van der Waals surface area contributed by atoms with Crippen LogP contribution in [0.1, 0.15) is 18.1 Å². The molecule has 0 aliphatic carbocycles. The van der Waals surface area contributed by atoms with Gasteiger partial charge >= 0.3 is 5.69 Å². The molecular formula is C16H13N2O2PS2. The molecule has 0 bridgehead atoms. The lowest BCUT2D eigenvalue weighted by molar-refractivity contribution is 0.344. The second-order valence-corrected chi connectivity index (χ2v) is 10.4. The molecule has 7 heteroatoms. The Bertz CT molecular complexity index is 729. The molecule has 2 rings (SSSR count). The molecule has 0 saturated heterocycles. The first kappa shape index (κ1) is 17.5. The molecule has 0 aromatic heterocycles. The Morgan fingerprint density at radius 3 is 2.00 bits per heavy atom. The van der Waals surface area contributed by atoms with Crippen molar-refractivity contribution in [3.63, 3.8) is 0 Å². The van der Waals surface area contributed by atoms with Crippen molar-refractivity contribution in [2.75, 3.05) is 6.61 Å². The van der Waals surface area contributed by atoms with E-state index >= 15 is 0 Å². The molecule has 116 valence electrons. The van der Waals surface area contributed by atoms with Gasteiger partial charge in [0, 0.05) is 4.90 Å². The van der Waals surface area contributed by atoms with Gasteiger partial charge in [-0.05, 0) is 78.6 Å². The first-order valence-corrected chi connectivity index (χ1v) is 10.8. The van der Waals surface area contributed by atoms with E-state index in [9.17, 15) is 0 Å². The Kier molecular flexibility index (Phi) is 6.21. The van der Waals surface area contributed by atoms with E-state index in [1.54, 1.807) is 36.4 Å². The topological polar surface area (TPSA) is 66.0 Å². The zero-order valence-corrected chi connectivity index (χ0v) is 14.8. The van der Waals surface area contributed by atoms with Crippen LogP contribution < -0.4 is 4.52 Å². The number of benzene rings is 2. The number of nitrogens with zero attached hydrogens (tertiary/aromatic N) is 2. The van der Waals surface area contributed by atoms with Crippen molar-refractivity contribution in [3.05, 3.63) is 59.7 Å². The molecule has 0 radical (unpaired) electrons.